The van der Waals surface area contributed by atoms with E-state index >= 15 is 0 Å². The number of rotatable bonds is 6. The Morgan fingerprint density at radius 3 is 2.53 bits per heavy atom. The lowest BCUT2D eigenvalue weighted by Crippen LogP contribution is -2.41. The molecule has 0 saturated carbocycles. The minimum atomic E-state index is -1.30. The number of esters is 1. The molecule has 8 nitrogen and oxygen atoms in total. The van der Waals surface area contributed by atoms with Crippen LogP contribution in [0.5, 0.6) is 0 Å². The van der Waals surface area contributed by atoms with Gasteiger partial charge in [-0.05, 0) is 37.1 Å². The van der Waals surface area contributed by atoms with Gasteiger partial charge in [-0.1, -0.05) is 36.4 Å². The summed E-state index contributed by atoms with van der Waals surface area (Å²) in [5, 5.41) is 4.97. The second kappa shape index (κ2) is 8.32. The van der Waals surface area contributed by atoms with Gasteiger partial charge in [0.05, 0.1) is 0 Å². The molecule has 1 fully saturated rings. The number of hydrogen-bond donors (Lipinski definition) is 2. The third-order valence-electron chi connectivity index (χ3n) is 4.73. The first kappa shape index (κ1) is 21.0. The van der Waals surface area contributed by atoms with Gasteiger partial charge in [-0.15, -0.1) is 0 Å². The zero-order valence-electron chi connectivity index (χ0n) is 16.4. The summed E-state index contributed by atoms with van der Waals surface area (Å²) < 4.78 is 18.4. The minimum absolute atomic E-state index is 0.215. The van der Waals surface area contributed by atoms with Crippen LogP contribution in [0, 0.1) is 12.7 Å². The monoisotopic (exact) mass is 413 g/mol. The average Bonchev–Trinajstić information content (AvgIpc) is 2.94. The van der Waals surface area contributed by atoms with Gasteiger partial charge in [0.25, 0.3) is 11.8 Å². The molecule has 1 heterocycles. The second-order valence-electron chi connectivity index (χ2n) is 6.99. The highest BCUT2D eigenvalue weighted by Gasteiger charge is 2.49. The van der Waals surface area contributed by atoms with E-state index in [9.17, 15) is 23.6 Å². The molecule has 1 atom stereocenters. The number of carbonyl (C=O) groups excluding carboxylic acids is 4. The molecule has 1 aliphatic heterocycles. The van der Waals surface area contributed by atoms with Crippen LogP contribution >= 0.6 is 0 Å². The van der Waals surface area contributed by atoms with Crippen molar-refractivity contribution >= 4 is 29.5 Å². The Morgan fingerprint density at radius 2 is 1.87 bits per heavy atom. The van der Waals surface area contributed by atoms with Crippen LogP contribution in [0.25, 0.3) is 0 Å². The van der Waals surface area contributed by atoms with E-state index < -0.39 is 48.3 Å². The molecule has 2 N–H and O–H groups in total. The van der Waals surface area contributed by atoms with Crippen LogP contribution in [0.2, 0.25) is 0 Å². The number of anilines is 1. The first-order chi connectivity index (χ1) is 14.2. The van der Waals surface area contributed by atoms with E-state index in [-0.39, 0.29) is 5.69 Å². The summed E-state index contributed by atoms with van der Waals surface area (Å²) in [5.74, 6) is -2.70. The summed E-state index contributed by atoms with van der Waals surface area (Å²) in [6.45, 7) is 1.84. The van der Waals surface area contributed by atoms with Crippen LogP contribution in [0.1, 0.15) is 18.1 Å². The third kappa shape index (κ3) is 4.29. The van der Waals surface area contributed by atoms with Crippen LogP contribution in [0.4, 0.5) is 14.9 Å². The Labute approximate surface area is 172 Å². The van der Waals surface area contributed by atoms with Crippen molar-refractivity contribution in [2.45, 2.75) is 19.4 Å². The Morgan fingerprint density at radius 1 is 1.17 bits per heavy atom. The molecule has 9 heteroatoms. The summed E-state index contributed by atoms with van der Waals surface area (Å²) in [5.41, 5.74) is -0.0859. The van der Waals surface area contributed by atoms with Crippen molar-refractivity contribution in [3.63, 3.8) is 0 Å². The summed E-state index contributed by atoms with van der Waals surface area (Å²) >= 11 is 0. The van der Waals surface area contributed by atoms with E-state index in [1.807, 2.05) is 0 Å². The van der Waals surface area contributed by atoms with Crippen LogP contribution in [-0.2, 0) is 24.7 Å². The Kier molecular flexibility index (Phi) is 5.81. The van der Waals surface area contributed by atoms with Gasteiger partial charge in [0.2, 0.25) is 0 Å². The van der Waals surface area contributed by atoms with Gasteiger partial charge in [-0.3, -0.25) is 19.3 Å². The first-order valence-corrected chi connectivity index (χ1v) is 9.12. The van der Waals surface area contributed by atoms with Crippen molar-refractivity contribution in [1.82, 2.24) is 10.2 Å². The third-order valence-corrected chi connectivity index (χ3v) is 4.73. The molecular weight excluding hydrogens is 393 g/mol. The lowest BCUT2D eigenvalue weighted by atomic mass is 9.92. The van der Waals surface area contributed by atoms with Gasteiger partial charge in [0.15, 0.2) is 6.61 Å². The number of ether oxygens (including phenoxy) is 1. The number of halogens is 1. The SMILES string of the molecule is Cc1ccc(NC(=O)COC(=O)CN2C(=O)N[C@](C)(c3ccccc3)C2=O)cc1F. The number of imide groups is 1. The molecule has 0 aliphatic carbocycles. The topological polar surface area (TPSA) is 105 Å². The molecule has 4 amide bonds. The molecule has 3 rings (SSSR count). The fraction of sp³-hybridized carbons (Fsp3) is 0.238. The number of amides is 4. The van der Waals surface area contributed by atoms with E-state index in [1.165, 1.54) is 12.1 Å². The molecule has 1 aliphatic rings. The average molecular weight is 413 g/mol. The first-order valence-electron chi connectivity index (χ1n) is 9.12. The molecular formula is C21H20FN3O5. The molecule has 30 heavy (non-hydrogen) atoms. The zero-order chi connectivity index (χ0) is 21.9. The smallest absolute Gasteiger partial charge is 0.326 e. The van der Waals surface area contributed by atoms with Crippen LogP contribution in [-0.4, -0.2) is 41.9 Å². The quantitative estimate of drug-likeness (QED) is 0.557. The lowest BCUT2D eigenvalue weighted by Gasteiger charge is -2.21. The van der Waals surface area contributed by atoms with E-state index in [0.717, 1.165) is 11.0 Å². The zero-order valence-corrected chi connectivity index (χ0v) is 16.4. The van der Waals surface area contributed by atoms with Crippen molar-refractivity contribution < 1.29 is 28.3 Å². The molecule has 2 aromatic carbocycles. The van der Waals surface area contributed by atoms with E-state index in [2.05, 4.69) is 10.6 Å². The van der Waals surface area contributed by atoms with Gasteiger partial charge in [-0.25, -0.2) is 9.18 Å². The highest BCUT2D eigenvalue weighted by molar-refractivity contribution is 6.09. The van der Waals surface area contributed by atoms with Gasteiger partial charge < -0.3 is 15.4 Å². The lowest BCUT2D eigenvalue weighted by molar-refractivity contribution is -0.150. The van der Waals surface area contributed by atoms with Gasteiger partial charge in [-0.2, -0.15) is 0 Å². The van der Waals surface area contributed by atoms with Gasteiger partial charge >= 0.3 is 12.0 Å². The molecule has 1 saturated heterocycles. The van der Waals surface area contributed by atoms with Crippen molar-refractivity contribution in [3.8, 4) is 0 Å². The van der Waals surface area contributed by atoms with Crippen LogP contribution in [0.3, 0.4) is 0 Å². The molecule has 2 aromatic rings. The fourth-order valence-corrected chi connectivity index (χ4v) is 3.00. The predicted molar refractivity (Wildman–Crippen MR) is 105 cm³/mol. The van der Waals surface area contributed by atoms with E-state index in [4.69, 9.17) is 4.74 Å². The molecule has 0 spiro atoms. The second-order valence-corrected chi connectivity index (χ2v) is 6.99. The number of benzene rings is 2. The molecule has 156 valence electrons. The Balaban J connectivity index is 1.55. The molecule has 0 aromatic heterocycles. The normalized spacial score (nSPS) is 18.2. The highest BCUT2D eigenvalue weighted by Crippen LogP contribution is 2.28. The van der Waals surface area contributed by atoms with Crippen molar-refractivity contribution in [2.24, 2.45) is 0 Å². The maximum atomic E-state index is 13.5. The van der Waals surface area contributed by atoms with Gasteiger partial charge in [0.1, 0.15) is 17.9 Å². The highest BCUT2D eigenvalue weighted by atomic mass is 19.1. The number of nitrogens with zero attached hydrogens (tertiary/aromatic N) is 1. The number of nitrogens with one attached hydrogen (secondary N) is 2. The van der Waals surface area contributed by atoms with E-state index in [0.29, 0.717) is 11.1 Å². The molecule has 0 unspecified atom stereocenters. The standard InChI is InChI=1S/C21H20FN3O5/c1-13-8-9-15(10-16(13)22)23-17(26)12-30-18(27)11-25-19(28)21(2,24-20(25)29)14-6-4-3-5-7-14/h3-10H,11-12H2,1-2H3,(H,23,26)(H,24,29)/t21-/m1/s1. The summed E-state index contributed by atoms with van der Waals surface area (Å²) in [4.78, 5) is 49.6. The minimum Gasteiger partial charge on any atom is -0.454 e. The maximum Gasteiger partial charge on any atom is 0.326 e. The predicted octanol–water partition coefficient (Wildman–Crippen LogP) is 2.08. The Bertz CT molecular complexity index is 1010. The largest absolute Gasteiger partial charge is 0.454 e. The summed E-state index contributed by atoms with van der Waals surface area (Å²) in [7, 11) is 0. The Hall–Kier alpha value is -3.75. The maximum absolute atomic E-state index is 13.5. The molecule has 0 bridgehead atoms. The van der Waals surface area contributed by atoms with Crippen LogP contribution in [0.15, 0.2) is 48.5 Å². The van der Waals surface area contributed by atoms with Crippen molar-refractivity contribution in [1.29, 1.82) is 0 Å². The molecule has 0 radical (unpaired) electrons. The van der Waals surface area contributed by atoms with E-state index in [1.54, 1.807) is 44.2 Å². The number of carbonyl (C=O) groups is 4. The van der Waals surface area contributed by atoms with Crippen molar-refractivity contribution in [2.75, 3.05) is 18.5 Å². The number of aryl methyl sites for hydroxylation is 1. The van der Waals surface area contributed by atoms with Gasteiger partial charge in [0, 0.05) is 5.69 Å². The summed E-state index contributed by atoms with van der Waals surface area (Å²) in [6, 6.07) is 12.0. The number of urea groups is 1. The summed E-state index contributed by atoms with van der Waals surface area (Å²) in [6.07, 6.45) is 0. The van der Waals surface area contributed by atoms with Crippen molar-refractivity contribution in [3.05, 3.63) is 65.5 Å². The van der Waals surface area contributed by atoms with Crippen LogP contribution < -0.4 is 10.6 Å². The number of hydrogen-bond acceptors (Lipinski definition) is 5. The fourth-order valence-electron chi connectivity index (χ4n) is 3.00.